The summed E-state index contributed by atoms with van der Waals surface area (Å²) < 4.78 is 25.5. The van der Waals surface area contributed by atoms with E-state index in [2.05, 4.69) is 4.90 Å². The third-order valence-corrected chi connectivity index (χ3v) is 7.41. The summed E-state index contributed by atoms with van der Waals surface area (Å²) >= 11 is 12.1. The molecule has 1 heterocycles. The Morgan fingerprint density at radius 2 is 1.42 bits per heavy atom. The van der Waals surface area contributed by atoms with Crippen LogP contribution in [-0.2, 0) is 15.6 Å². The largest absolute Gasteiger partial charge is 0.478 e. The summed E-state index contributed by atoms with van der Waals surface area (Å²) in [5, 5.41) is 11.9. The molecule has 1 aliphatic heterocycles. The molecule has 1 N–H and O–H groups in total. The average Bonchev–Trinajstić information content (AvgIpc) is 2.74. The van der Waals surface area contributed by atoms with E-state index in [1.807, 2.05) is 48.5 Å². The van der Waals surface area contributed by atoms with Gasteiger partial charge in [-0.25, -0.2) is 13.2 Å². The van der Waals surface area contributed by atoms with Gasteiger partial charge in [-0.05, 0) is 52.6 Å². The standard InChI is InChI=1S/C25H21Cl2NO4S/c26-21-9-5-18(6-10-21)24(19-7-11-22(27)12-8-19)28-13-17(14-28)15-33(31,32)16-20-3-1-2-4-23(20)25(29)30/h1-12,15,24H,13-14,16H2,(H,29,30). The number of aromatic carboxylic acids is 1. The highest BCUT2D eigenvalue weighted by Gasteiger charge is 2.31. The topological polar surface area (TPSA) is 74.7 Å². The van der Waals surface area contributed by atoms with Gasteiger partial charge in [-0.15, -0.1) is 0 Å². The van der Waals surface area contributed by atoms with Gasteiger partial charge in [0.1, 0.15) is 0 Å². The molecule has 3 aromatic carbocycles. The van der Waals surface area contributed by atoms with Crippen LogP contribution in [0.25, 0.3) is 0 Å². The summed E-state index contributed by atoms with van der Waals surface area (Å²) in [5.74, 6) is -1.49. The van der Waals surface area contributed by atoms with E-state index in [9.17, 15) is 18.3 Å². The monoisotopic (exact) mass is 501 g/mol. The zero-order valence-electron chi connectivity index (χ0n) is 17.5. The first kappa shape index (κ1) is 23.5. The van der Waals surface area contributed by atoms with Crippen molar-refractivity contribution in [3.05, 3.63) is 116 Å². The van der Waals surface area contributed by atoms with Gasteiger partial charge in [0, 0.05) is 28.5 Å². The van der Waals surface area contributed by atoms with Crippen LogP contribution in [0.5, 0.6) is 0 Å². The minimum absolute atomic E-state index is 0.000233. The molecule has 5 nitrogen and oxygen atoms in total. The first-order valence-electron chi connectivity index (χ1n) is 10.2. The molecule has 0 unspecified atom stereocenters. The van der Waals surface area contributed by atoms with E-state index >= 15 is 0 Å². The average molecular weight is 502 g/mol. The van der Waals surface area contributed by atoms with Gasteiger partial charge in [0.05, 0.1) is 17.4 Å². The molecule has 0 saturated carbocycles. The molecule has 33 heavy (non-hydrogen) atoms. The lowest BCUT2D eigenvalue weighted by Crippen LogP contribution is -2.43. The molecular formula is C25H21Cl2NO4S. The number of halogens is 2. The summed E-state index contributed by atoms with van der Waals surface area (Å²) in [7, 11) is -3.63. The Morgan fingerprint density at radius 3 is 1.94 bits per heavy atom. The van der Waals surface area contributed by atoms with Crippen molar-refractivity contribution < 1.29 is 18.3 Å². The second kappa shape index (κ2) is 9.69. The molecule has 8 heteroatoms. The fraction of sp³-hybridized carbons (Fsp3) is 0.160. The fourth-order valence-electron chi connectivity index (χ4n) is 4.00. The first-order chi connectivity index (χ1) is 15.7. The predicted octanol–water partition coefficient (Wildman–Crippen LogP) is 5.60. The second-order valence-electron chi connectivity index (χ2n) is 7.96. The summed E-state index contributed by atoms with van der Waals surface area (Å²) in [5.41, 5.74) is 3.13. The molecule has 0 bridgehead atoms. The summed E-state index contributed by atoms with van der Waals surface area (Å²) in [6, 6.07) is 21.3. The molecule has 0 radical (unpaired) electrons. The van der Waals surface area contributed by atoms with E-state index in [0.717, 1.165) is 16.7 Å². The lowest BCUT2D eigenvalue weighted by molar-refractivity contribution is 0.0696. The van der Waals surface area contributed by atoms with Crippen molar-refractivity contribution in [1.82, 2.24) is 4.90 Å². The van der Waals surface area contributed by atoms with Crippen LogP contribution in [0.1, 0.15) is 33.1 Å². The van der Waals surface area contributed by atoms with Crippen LogP contribution >= 0.6 is 23.2 Å². The highest BCUT2D eigenvalue weighted by molar-refractivity contribution is 7.93. The van der Waals surface area contributed by atoms with Crippen molar-refractivity contribution in [2.75, 3.05) is 13.1 Å². The van der Waals surface area contributed by atoms with Crippen LogP contribution in [0, 0.1) is 0 Å². The van der Waals surface area contributed by atoms with Gasteiger partial charge in [-0.1, -0.05) is 65.7 Å². The highest BCUT2D eigenvalue weighted by Crippen LogP contribution is 2.35. The van der Waals surface area contributed by atoms with Crippen LogP contribution in [0.2, 0.25) is 10.0 Å². The van der Waals surface area contributed by atoms with Crippen molar-refractivity contribution in [3.8, 4) is 0 Å². The highest BCUT2D eigenvalue weighted by atomic mass is 35.5. The summed E-state index contributed by atoms with van der Waals surface area (Å²) in [4.78, 5) is 13.6. The molecular weight excluding hydrogens is 481 g/mol. The Labute approximate surface area is 202 Å². The van der Waals surface area contributed by atoms with Gasteiger partial charge in [0.15, 0.2) is 9.84 Å². The van der Waals surface area contributed by atoms with Gasteiger partial charge in [-0.2, -0.15) is 0 Å². The van der Waals surface area contributed by atoms with Gasteiger partial charge < -0.3 is 5.11 Å². The van der Waals surface area contributed by atoms with Gasteiger partial charge in [0.25, 0.3) is 0 Å². The molecule has 170 valence electrons. The van der Waals surface area contributed by atoms with Crippen molar-refractivity contribution in [2.45, 2.75) is 11.8 Å². The molecule has 1 saturated heterocycles. The molecule has 3 aromatic rings. The number of hydrogen-bond donors (Lipinski definition) is 1. The SMILES string of the molecule is O=C(O)c1ccccc1CS(=O)(=O)C=C1CN(C(c2ccc(Cl)cc2)c2ccc(Cl)cc2)C1. The van der Waals surface area contributed by atoms with Crippen molar-refractivity contribution in [1.29, 1.82) is 0 Å². The van der Waals surface area contributed by atoms with Crippen molar-refractivity contribution in [3.63, 3.8) is 0 Å². The third-order valence-electron chi connectivity index (χ3n) is 5.50. The Bertz CT molecular complexity index is 1250. The van der Waals surface area contributed by atoms with Gasteiger partial charge in [0.2, 0.25) is 0 Å². The maximum absolute atomic E-state index is 12.8. The molecule has 0 aliphatic carbocycles. The predicted molar refractivity (Wildman–Crippen MR) is 130 cm³/mol. The molecule has 1 fully saturated rings. The number of carbonyl (C=O) groups is 1. The maximum Gasteiger partial charge on any atom is 0.335 e. The van der Waals surface area contributed by atoms with Crippen LogP contribution in [-0.4, -0.2) is 37.5 Å². The smallest absolute Gasteiger partial charge is 0.335 e. The number of sulfone groups is 1. The molecule has 0 spiro atoms. The van der Waals surface area contributed by atoms with Crippen molar-refractivity contribution >= 4 is 39.0 Å². The summed E-state index contributed by atoms with van der Waals surface area (Å²) in [6.45, 7) is 0.964. The van der Waals surface area contributed by atoms with E-state index in [-0.39, 0.29) is 22.9 Å². The molecule has 1 aliphatic rings. The van der Waals surface area contributed by atoms with Crippen molar-refractivity contribution in [2.24, 2.45) is 0 Å². The lowest BCUT2D eigenvalue weighted by atomic mass is 9.93. The van der Waals surface area contributed by atoms with Gasteiger partial charge >= 0.3 is 5.97 Å². The number of hydrogen-bond acceptors (Lipinski definition) is 4. The number of nitrogens with zero attached hydrogens (tertiary/aromatic N) is 1. The zero-order valence-corrected chi connectivity index (χ0v) is 19.8. The summed E-state index contributed by atoms with van der Waals surface area (Å²) in [6.07, 6.45) is 0. The normalized spacial score (nSPS) is 14.2. The van der Waals surface area contributed by atoms with E-state index in [1.54, 1.807) is 12.1 Å². The second-order valence-corrected chi connectivity index (χ2v) is 10.7. The number of carboxylic acid groups (broad SMARTS) is 1. The molecule has 0 atom stereocenters. The van der Waals surface area contributed by atoms with E-state index in [0.29, 0.717) is 23.1 Å². The van der Waals surface area contributed by atoms with Crippen LogP contribution in [0.3, 0.4) is 0 Å². The van der Waals surface area contributed by atoms with Gasteiger partial charge in [-0.3, -0.25) is 4.90 Å². The van der Waals surface area contributed by atoms with E-state index in [4.69, 9.17) is 23.2 Å². The zero-order chi connectivity index (χ0) is 23.6. The Balaban J connectivity index is 1.54. The molecule has 0 aromatic heterocycles. The Morgan fingerprint density at radius 1 is 0.909 bits per heavy atom. The van der Waals surface area contributed by atoms with Crippen LogP contribution in [0.4, 0.5) is 0 Å². The number of rotatable bonds is 7. The first-order valence-corrected chi connectivity index (χ1v) is 12.7. The minimum Gasteiger partial charge on any atom is -0.478 e. The Kier molecular flexibility index (Phi) is 6.91. The maximum atomic E-state index is 12.8. The molecule has 0 amide bonds. The van der Waals surface area contributed by atoms with E-state index in [1.165, 1.54) is 17.5 Å². The fourth-order valence-corrected chi connectivity index (χ4v) is 5.68. The third kappa shape index (κ3) is 5.65. The lowest BCUT2D eigenvalue weighted by Gasteiger charge is -2.41. The minimum atomic E-state index is -3.63. The Hall–Kier alpha value is -2.64. The van der Waals surface area contributed by atoms with E-state index < -0.39 is 15.8 Å². The quantitative estimate of drug-likeness (QED) is 0.456. The number of carboxylic acids is 1. The van der Waals surface area contributed by atoms with Crippen LogP contribution < -0.4 is 0 Å². The molecule has 4 rings (SSSR count). The number of likely N-dealkylation sites (tertiary alicyclic amines) is 1. The van der Waals surface area contributed by atoms with Crippen LogP contribution in [0.15, 0.2) is 83.8 Å². The number of benzene rings is 3.